The van der Waals surface area contributed by atoms with Crippen LogP contribution in [0.1, 0.15) is 18.5 Å². The summed E-state index contributed by atoms with van der Waals surface area (Å²) < 4.78 is 4.84. The molecule has 0 bridgehead atoms. The molecule has 4 aromatic carbocycles. The molecule has 5 aromatic rings. The van der Waals surface area contributed by atoms with Crippen molar-refractivity contribution in [2.24, 2.45) is 0 Å². The first-order valence-electron chi connectivity index (χ1n) is 10.1. The Hall–Kier alpha value is -3.65. The third-order valence-electron chi connectivity index (χ3n) is 5.54. The molecule has 0 unspecified atom stereocenters. The topological polar surface area (TPSA) is 8.81 Å². The minimum Gasteiger partial charge on any atom is -0.216 e. The predicted octanol–water partition coefficient (Wildman–Crippen LogP) is 6.19. The van der Waals surface area contributed by atoms with Crippen molar-refractivity contribution >= 4 is 11.0 Å². The Morgan fingerprint density at radius 1 is 0.621 bits per heavy atom. The number of hydrogen-bond donors (Lipinski definition) is 0. The van der Waals surface area contributed by atoms with Crippen LogP contribution in [0.25, 0.3) is 28.1 Å². The van der Waals surface area contributed by atoms with E-state index >= 15 is 0 Å². The van der Waals surface area contributed by atoms with Crippen LogP contribution in [0.2, 0.25) is 0 Å². The van der Waals surface area contributed by atoms with Gasteiger partial charge in [-0.15, -0.1) is 0 Å². The summed E-state index contributed by atoms with van der Waals surface area (Å²) in [4.78, 5) is 0. The van der Waals surface area contributed by atoms with Crippen LogP contribution in [-0.4, -0.2) is 4.57 Å². The van der Waals surface area contributed by atoms with Crippen molar-refractivity contribution in [3.05, 3.63) is 121 Å². The molecule has 0 saturated carbocycles. The molecule has 0 N–H and O–H groups in total. The lowest BCUT2D eigenvalue weighted by Gasteiger charge is -2.13. The smallest absolute Gasteiger partial charge is 0.216 e. The van der Waals surface area contributed by atoms with Gasteiger partial charge in [-0.3, -0.25) is 0 Å². The molecule has 5 rings (SSSR count). The van der Waals surface area contributed by atoms with Crippen LogP contribution in [0.5, 0.6) is 0 Å². The number of hydrogen-bond acceptors (Lipinski definition) is 0. The van der Waals surface area contributed by atoms with E-state index in [0.717, 1.165) is 0 Å². The van der Waals surface area contributed by atoms with E-state index in [0.29, 0.717) is 0 Å². The van der Waals surface area contributed by atoms with Crippen molar-refractivity contribution in [3.8, 4) is 17.1 Å². The maximum Gasteiger partial charge on any atom is 0.295 e. The number of nitrogens with zero attached hydrogens (tertiary/aromatic N) is 2. The molecule has 0 radical (unpaired) electrons. The quantitative estimate of drug-likeness (QED) is 0.331. The molecule has 0 fully saturated rings. The summed E-state index contributed by atoms with van der Waals surface area (Å²) in [5.74, 6) is 1.19. The molecule has 140 valence electrons. The van der Waals surface area contributed by atoms with Gasteiger partial charge in [0.1, 0.15) is 11.7 Å². The van der Waals surface area contributed by atoms with E-state index in [1.54, 1.807) is 0 Å². The van der Waals surface area contributed by atoms with Crippen LogP contribution >= 0.6 is 0 Å². The van der Waals surface area contributed by atoms with Crippen molar-refractivity contribution < 1.29 is 4.57 Å². The fraction of sp³-hybridized carbons (Fsp3) is 0.0741. The largest absolute Gasteiger partial charge is 0.295 e. The van der Waals surface area contributed by atoms with E-state index in [1.165, 1.54) is 33.7 Å². The van der Waals surface area contributed by atoms with Gasteiger partial charge in [0, 0.05) is 0 Å². The molecular formula is C27H23N2+. The molecular weight excluding hydrogens is 352 g/mol. The van der Waals surface area contributed by atoms with Crippen LogP contribution in [0.3, 0.4) is 0 Å². The van der Waals surface area contributed by atoms with Crippen molar-refractivity contribution in [3.63, 3.8) is 0 Å². The van der Waals surface area contributed by atoms with Crippen molar-refractivity contribution in [1.82, 2.24) is 4.57 Å². The summed E-state index contributed by atoms with van der Waals surface area (Å²) >= 11 is 0. The summed E-state index contributed by atoms with van der Waals surface area (Å²) in [7, 11) is 0. The third kappa shape index (κ3) is 3.03. The number of benzene rings is 4. The lowest BCUT2D eigenvalue weighted by Crippen LogP contribution is -2.40. The van der Waals surface area contributed by atoms with E-state index in [2.05, 4.69) is 131 Å². The number of rotatable bonds is 4. The van der Waals surface area contributed by atoms with Gasteiger partial charge in [-0.2, -0.15) is 4.57 Å². The zero-order valence-electron chi connectivity index (χ0n) is 16.4. The number of para-hydroxylation sites is 3. The van der Waals surface area contributed by atoms with Gasteiger partial charge in [-0.25, -0.2) is 4.57 Å². The van der Waals surface area contributed by atoms with E-state index in [-0.39, 0.29) is 6.04 Å². The number of aromatic nitrogens is 2. The Morgan fingerprint density at radius 3 is 1.86 bits per heavy atom. The van der Waals surface area contributed by atoms with Crippen LogP contribution in [-0.2, 0) is 0 Å². The minimum atomic E-state index is 0.196. The highest BCUT2D eigenvalue weighted by molar-refractivity contribution is 5.79. The Kier molecular flexibility index (Phi) is 4.45. The average Bonchev–Trinajstić information content (AvgIpc) is 3.15. The molecule has 2 nitrogen and oxygen atoms in total. The van der Waals surface area contributed by atoms with E-state index < -0.39 is 0 Å². The third-order valence-corrected chi connectivity index (χ3v) is 5.54. The van der Waals surface area contributed by atoms with Crippen LogP contribution in [0.15, 0.2) is 115 Å². The summed E-state index contributed by atoms with van der Waals surface area (Å²) in [5.41, 5.74) is 6.11. The summed E-state index contributed by atoms with van der Waals surface area (Å²) in [6, 6.07) is 40.9. The number of fused-ring (bicyclic) bond motifs is 1. The predicted molar refractivity (Wildman–Crippen MR) is 119 cm³/mol. The van der Waals surface area contributed by atoms with Gasteiger partial charge in [0.25, 0.3) is 5.82 Å². The molecule has 1 aromatic heterocycles. The normalized spacial score (nSPS) is 12.2. The highest BCUT2D eigenvalue weighted by Gasteiger charge is 2.31. The minimum absolute atomic E-state index is 0.196. The Morgan fingerprint density at radius 2 is 1.17 bits per heavy atom. The highest BCUT2D eigenvalue weighted by atomic mass is 15.2. The Balaban J connectivity index is 1.90. The fourth-order valence-electron chi connectivity index (χ4n) is 4.16. The second-order valence-corrected chi connectivity index (χ2v) is 7.31. The van der Waals surface area contributed by atoms with Gasteiger partial charge < -0.3 is 0 Å². The Bertz CT molecular complexity index is 1240. The van der Waals surface area contributed by atoms with E-state index in [9.17, 15) is 0 Å². The standard InChI is InChI=1S/C27H23N2/c1-21(22-13-5-2-6-14-22)28-25-19-11-12-20-26(25)29(24-17-9-4-10-18-24)27(28)23-15-7-3-8-16-23/h2-21H,1H3/q+1/t21-/m0/s1. The second kappa shape index (κ2) is 7.40. The molecule has 0 saturated heterocycles. The SMILES string of the molecule is C[C@@H](c1ccccc1)[n+]1c(-c2ccccc2)n(-c2ccccc2)c2ccccc21. The van der Waals surface area contributed by atoms with Crippen molar-refractivity contribution in [2.75, 3.05) is 0 Å². The average molecular weight is 375 g/mol. The second-order valence-electron chi connectivity index (χ2n) is 7.31. The maximum atomic E-state index is 2.47. The Labute approximate surface area is 171 Å². The first-order valence-corrected chi connectivity index (χ1v) is 10.1. The summed E-state index contributed by atoms with van der Waals surface area (Å²) in [5, 5.41) is 0. The van der Waals surface area contributed by atoms with Gasteiger partial charge in [0.05, 0.1) is 5.56 Å². The van der Waals surface area contributed by atoms with Gasteiger partial charge in [-0.1, -0.05) is 78.9 Å². The zero-order chi connectivity index (χ0) is 19.6. The molecule has 0 spiro atoms. The molecule has 0 amide bonds. The van der Waals surface area contributed by atoms with Gasteiger partial charge in [0.2, 0.25) is 0 Å². The molecule has 0 aliphatic rings. The maximum absolute atomic E-state index is 2.47. The molecule has 29 heavy (non-hydrogen) atoms. The molecule has 0 aliphatic carbocycles. The zero-order valence-corrected chi connectivity index (χ0v) is 16.4. The molecule has 0 aliphatic heterocycles. The van der Waals surface area contributed by atoms with Crippen LogP contribution < -0.4 is 4.57 Å². The lowest BCUT2D eigenvalue weighted by molar-refractivity contribution is -0.674. The molecule has 1 heterocycles. The lowest BCUT2D eigenvalue weighted by atomic mass is 10.1. The first kappa shape index (κ1) is 17.4. The molecule has 2 heteroatoms. The van der Waals surface area contributed by atoms with E-state index in [4.69, 9.17) is 0 Å². The molecule has 1 atom stereocenters. The number of imidazole rings is 1. The fourth-order valence-corrected chi connectivity index (χ4v) is 4.16. The monoisotopic (exact) mass is 375 g/mol. The van der Waals surface area contributed by atoms with Crippen LogP contribution in [0.4, 0.5) is 0 Å². The van der Waals surface area contributed by atoms with Crippen molar-refractivity contribution in [1.29, 1.82) is 0 Å². The van der Waals surface area contributed by atoms with Crippen molar-refractivity contribution in [2.45, 2.75) is 13.0 Å². The van der Waals surface area contributed by atoms with Gasteiger partial charge >= 0.3 is 0 Å². The summed E-state index contributed by atoms with van der Waals surface area (Å²) in [6.07, 6.45) is 0. The van der Waals surface area contributed by atoms with Gasteiger partial charge in [0.15, 0.2) is 11.0 Å². The van der Waals surface area contributed by atoms with Crippen LogP contribution in [0, 0.1) is 0 Å². The first-order chi connectivity index (χ1) is 14.3. The highest BCUT2D eigenvalue weighted by Crippen LogP contribution is 2.30. The van der Waals surface area contributed by atoms with E-state index in [1.807, 2.05) is 0 Å². The summed E-state index contributed by atoms with van der Waals surface area (Å²) in [6.45, 7) is 2.28. The van der Waals surface area contributed by atoms with Gasteiger partial charge in [-0.05, 0) is 48.9 Å².